The molecule has 0 N–H and O–H groups in total. The van der Waals surface area contributed by atoms with Gasteiger partial charge in [0.15, 0.2) is 0 Å². The third-order valence-corrected chi connectivity index (χ3v) is 5.98. The predicted octanol–water partition coefficient (Wildman–Crippen LogP) is 1.82. The molecule has 136 valence electrons. The minimum atomic E-state index is 0.113. The SMILES string of the molecule is CN1C[C@H](COCC2CC2)[C@H]2CCN(c3ncccn3)CC[C@H]2C1=O. The zero-order valence-electron chi connectivity index (χ0n) is 15.0. The van der Waals surface area contributed by atoms with Crippen LogP contribution in [-0.4, -0.2) is 60.7 Å². The van der Waals surface area contributed by atoms with Crippen molar-refractivity contribution in [1.82, 2.24) is 14.9 Å². The Morgan fingerprint density at radius 2 is 1.88 bits per heavy atom. The van der Waals surface area contributed by atoms with E-state index in [-0.39, 0.29) is 5.92 Å². The first-order valence-electron chi connectivity index (χ1n) is 9.57. The van der Waals surface area contributed by atoms with Crippen molar-refractivity contribution in [2.75, 3.05) is 44.8 Å². The fraction of sp³-hybridized carbons (Fsp3) is 0.737. The first kappa shape index (κ1) is 16.8. The van der Waals surface area contributed by atoms with E-state index < -0.39 is 0 Å². The van der Waals surface area contributed by atoms with Crippen LogP contribution in [0.15, 0.2) is 18.5 Å². The highest BCUT2D eigenvalue weighted by Gasteiger charge is 2.42. The number of amides is 1. The largest absolute Gasteiger partial charge is 0.381 e. The average Bonchev–Trinajstić information content (AvgIpc) is 3.46. The molecule has 3 atom stereocenters. The van der Waals surface area contributed by atoms with E-state index in [0.29, 0.717) is 17.7 Å². The van der Waals surface area contributed by atoms with Gasteiger partial charge in [0.25, 0.3) is 0 Å². The molecule has 3 aliphatic rings. The van der Waals surface area contributed by atoms with Crippen LogP contribution in [0.1, 0.15) is 25.7 Å². The second-order valence-corrected chi connectivity index (χ2v) is 7.84. The van der Waals surface area contributed by atoms with Crippen LogP contribution in [-0.2, 0) is 9.53 Å². The molecule has 3 heterocycles. The van der Waals surface area contributed by atoms with Crippen molar-refractivity contribution >= 4 is 11.9 Å². The third kappa shape index (κ3) is 3.78. The number of carbonyl (C=O) groups is 1. The van der Waals surface area contributed by atoms with Crippen molar-refractivity contribution in [1.29, 1.82) is 0 Å². The summed E-state index contributed by atoms with van der Waals surface area (Å²) >= 11 is 0. The second kappa shape index (κ2) is 7.28. The summed E-state index contributed by atoms with van der Waals surface area (Å²) < 4.78 is 6.01. The number of likely N-dealkylation sites (tertiary alicyclic amines) is 1. The molecular weight excluding hydrogens is 316 g/mol. The number of piperidine rings is 1. The molecule has 1 aromatic rings. The third-order valence-electron chi connectivity index (χ3n) is 5.98. The first-order valence-corrected chi connectivity index (χ1v) is 9.57. The number of ether oxygens (including phenoxy) is 1. The highest BCUT2D eigenvalue weighted by atomic mass is 16.5. The normalized spacial score (nSPS) is 30.1. The van der Waals surface area contributed by atoms with Crippen LogP contribution < -0.4 is 4.90 Å². The summed E-state index contributed by atoms with van der Waals surface area (Å²) in [4.78, 5) is 25.6. The number of aromatic nitrogens is 2. The number of hydrogen-bond acceptors (Lipinski definition) is 5. The van der Waals surface area contributed by atoms with Crippen LogP contribution in [0.3, 0.4) is 0 Å². The molecule has 0 aromatic carbocycles. The molecular formula is C19H28N4O2. The fourth-order valence-corrected chi connectivity index (χ4v) is 4.36. The smallest absolute Gasteiger partial charge is 0.225 e. The molecule has 0 bridgehead atoms. The van der Waals surface area contributed by atoms with Crippen LogP contribution in [0.4, 0.5) is 5.95 Å². The lowest BCUT2D eigenvalue weighted by molar-refractivity contribution is -0.144. The predicted molar refractivity (Wildman–Crippen MR) is 95.1 cm³/mol. The molecule has 25 heavy (non-hydrogen) atoms. The lowest BCUT2D eigenvalue weighted by Gasteiger charge is -2.41. The molecule has 6 heteroatoms. The highest BCUT2D eigenvalue weighted by Crippen LogP contribution is 2.37. The summed E-state index contributed by atoms with van der Waals surface area (Å²) in [6.45, 7) is 4.28. The van der Waals surface area contributed by atoms with Gasteiger partial charge in [-0.05, 0) is 43.6 Å². The van der Waals surface area contributed by atoms with Gasteiger partial charge in [-0.3, -0.25) is 4.79 Å². The maximum atomic E-state index is 12.7. The van der Waals surface area contributed by atoms with Gasteiger partial charge >= 0.3 is 0 Å². The van der Waals surface area contributed by atoms with Gasteiger partial charge in [0, 0.05) is 57.5 Å². The molecule has 0 unspecified atom stereocenters. The number of fused-ring (bicyclic) bond motifs is 1. The molecule has 4 rings (SSSR count). The van der Waals surface area contributed by atoms with E-state index in [1.807, 2.05) is 18.0 Å². The van der Waals surface area contributed by atoms with E-state index in [2.05, 4.69) is 14.9 Å². The second-order valence-electron chi connectivity index (χ2n) is 7.84. The van der Waals surface area contributed by atoms with Gasteiger partial charge in [0.05, 0.1) is 6.61 Å². The van der Waals surface area contributed by atoms with Crippen LogP contribution >= 0.6 is 0 Å². The molecule has 1 amide bonds. The van der Waals surface area contributed by atoms with Gasteiger partial charge in [0.1, 0.15) is 0 Å². The quantitative estimate of drug-likeness (QED) is 0.815. The fourth-order valence-electron chi connectivity index (χ4n) is 4.36. The lowest BCUT2D eigenvalue weighted by Crippen LogP contribution is -2.50. The number of nitrogens with zero attached hydrogens (tertiary/aromatic N) is 4. The van der Waals surface area contributed by atoms with Crippen molar-refractivity contribution in [3.05, 3.63) is 18.5 Å². The number of anilines is 1. The van der Waals surface area contributed by atoms with E-state index in [0.717, 1.165) is 57.6 Å². The Kier molecular flexibility index (Phi) is 4.88. The number of rotatable bonds is 5. The standard InChI is InChI=1S/C19H28N4O2/c1-22-11-15(13-25-12-14-3-4-14)16-5-9-23(10-6-17(16)18(22)24)19-20-7-2-8-21-19/h2,7-8,14-17H,3-6,9-13H2,1H3/t15-,16-,17-/m1/s1. The van der Waals surface area contributed by atoms with Gasteiger partial charge < -0.3 is 14.5 Å². The van der Waals surface area contributed by atoms with E-state index >= 15 is 0 Å². The Morgan fingerprint density at radius 1 is 1.12 bits per heavy atom. The van der Waals surface area contributed by atoms with Gasteiger partial charge in [-0.15, -0.1) is 0 Å². The molecule has 6 nitrogen and oxygen atoms in total. The van der Waals surface area contributed by atoms with E-state index in [4.69, 9.17) is 4.74 Å². The Morgan fingerprint density at radius 3 is 2.64 bits per heavy atom. The zero-order valence-corrected chi connectivity index (χ0v) is 15.0. The van der Waals surface area contributed by atoms with Crippen molar-refractivity contribution in [2.45, 2.75) is 25.7 Å². The molecule has 1 aromatic heterocycles. The number of hydrogen-bond donors (Lipinski definition) is 0. The summed E-state index contributed by atoms with van der Waals surface area (Å²) in [6.07, 6.45) is 8.11. The van der Waals surface area contributed by atoms with Crippen LogP contribution in [0.2, 0.25) is 0 Å². The zero-order chi connectivity index (χ0) is 17.2. The van der Waals surface area contributed by atoms with Gasteiger partial charge in [-0.1, -0.05) is 0 Å². The molecule has 1 aliphatic carbocycles. The molecule has 2 aliphatic heterocycles. The van der Waals surface area contributed by atoms with Crippen LogP contribution in [0.25, 0.3) is 0 Å². The van der Waals surface area contributed by atoms with Crippen molar-refractivity contribution in [3.63, 3.8) is 0 Å². The van der Waals surface area contributed by atoms with Crippen molar-refractivity contribution in [2.24, 2.45) is 23.7 Å². The molecule has 0 spiro atoms. The van der Waals surface area contributed by atoms with Gasteiger partial charge in [-0.25, -0.2) is 9.97 Å². The van der Waals surface area contributed by atoms with Gasteiger partial charge in [0.2, 0.25) is 11.9 Å². The minimum Gasteiger partial charge on any atom is -0.381 e. The Bertz CT molecular complexity index is 592. The van der Waals surface area contributed by atoms with E-state index in [9.17, 15) is 4.79 Å². The lowest BCUT2D eigenvalue weighted by atomic mass is 9.75. The molecule has 0 radical (unpaired) electrons. The Labute approximate surface area is 149 Å². The summed E-state index contributed by atoms with van der Waals surface area (Å²) in [6, 6.07) is 1.84. The molecule has 2 saturated heterocycles. The summed E-state index contributed by atoms with van der Waals surface area (Å²) in [5.74, 6) is 2.85. The summed E-state index contributed by atoms with van der Waals surface area (Å²) in [5.41, 5.74) is 0. The Balaban J connectivity index is 1.44. The summed E-state index contributed by atoms with van der Waals surface area (Å²) in [5, 5.41) is 0. The highest BCUT2D eigenvalue weighted by molar-refractivity contribution is 5.80. The maximum absolute atomic E-state index is 12.7. The average molecular weight is 344 g/mol. The molecule has 3 fully saturated rings. The summed E-state index contributed by atoms with van der Waals surface area (Å²) in [7, 11) is 1.94. The maximum Gasteiger partial charge on any atom is 0.225 e. The monoisotopic (exact) mass is 344 g/mol. The first-order chi connectivity index (χ1) is 12.2. The van der Waals surface area contributed by atoms with E-state index in [1.165, 1.54) is 12.8 Å². The van der Waals surface area contributed by atoms with Crippen molar-refractivity contribution < 1.29 is 9.53 Å². The van der Waals surface area contributed by atoms with Crippen LogP contribution in [0, 0.1) is 23.7 Å². The van der Waals surface area contributed by atoms with Crippen molar-refractivity contribution in [3.8, 4) is 0 Å². The minimum absolute atomic E-state index is 0.113. The topological polar surface area (TPSA) is 58.6 Å². The van der Waals surface area contributed by atoms with Crippen LogP contribution in [0.5, 0.6) is 0 Å². The molecule has 1 saturated carbocycles. The van der Waals surface area contributed by atoms with E-state index in [1.54, 1.807) is 12.4 Å². The number of carbonyl (C=O) groups excluding carboxylic acids is 1. The van der Waals surface area contributed by atoms with Gasteiger partial charge in [-0.2, -0.15) is 0 Å². The Hall–Kier alpha value is -1.69.